The van der Waals surface area contributed by atoms with E-state index in [4.69, 9.17) is 5.73 Å². The summed E-state index contributed by atoms with van der Waals surface area (Å²) in [6.45, 7) is 1.89. The van der Waals surface area contributed by atoms with Crippen LogP contribution in [0.15, 0.2) is 46.5 Å². The van der Waals surface area contributed by atoms with Gasteiger partial charge in [0.05, 0.1) is 5.56 Å². The number of rotatable bonds is 2. The number of nitrogens with zero attached hydrogens (tertiary/aromatic N) is 1. The van der Waals surface area contributed by atoms with E-state index in [1.165, 1.54) is 17.8 Å². The number of alkyl halides is 3. The number of anilines is 1. The number of halogens is 3. The van der Waals surface area contributed by atoms with E-state index in [9.17, 15) is 13.2 Å². The van der Waals surface area contributed by atoms with Crippen LogP contribution in [0.2, 0.25) is 0 Å². The number of aromatic nitrogens is 1. The normalized spacial score (nSPS) is 11.6. The minimum absolute atomic E-state index is 0.515. The maximum Gasteiger partial charge on any atom is 0.417 e. The fourth-order valence-corrected chi connectivity index (χ4v) is 2.33. The monoisotopic (exact) mass is 284 g/mol. The smallest absolute Gasteiger partial charge is 0.399 e. The molecular formula is C13H11F3N2S. The van der Waals surface area contributed by atoms with Crippen molar-refractivity contribution in [2.24, 2.45) is 0 Å². The second-order valence-electron chi connectivity index (χ2n) is 4.01. The van der Waals surface area contributed by atoms with Crippen LogP contribution in [0, 0.1) is 6.92 Å². The van der Waals surface area contributed by atoms with Crippen molar-refractivity contribution in [1.29, 1.82) is 0 Å². The zero-order chi connectivity index (χ0) is 14.0. The first-order valence-electron chi connectivity index (χ1n) is 5.43. The Bertz CT molecular complexity index is 579. The molecule has 19 heavy (non-hydrogen) atoms. The van der Waals surface area contributed by atoms with E-state index >= 15 is 0 Å². The summed E-state index contributed by atoms with van der Waals surface area (Å²) < 4.78 is 37.2. The number of benzene rings is 1. The van der Waals surface area contributed by atoms with Crippen molar-refractivity contribution in [3.63, 3.8) is 0 Å². The van der Waals surface area contributed by atoms with Gasteiger partial charge in [-0.1, -0.05) is 11.8 Å². The predicted octanol–water partition coefficient (Wildman–Crippen LogP) is 4.14. The van der Waals surface area contributed by atoms with E-state index < -0.39 is 11.7 Å². The maximum atomic E-state index is 12.4. The van der Waals surface area contributed by atoms with Gasteiger partial charge in [0.2, 0.25) is 0 Å². The van der Waals surface area contributed by atoms with Crippen molar-refractivity contribution in [2.75, 3.05) is 5.73 Å². The summed E-state index contributed by atoms with van der Waals surface area (Å²) in [5.41, 5.74) is 6.51. The van der Waals surface area contributed by atoms with Crippen LogP contribution in [-0.2, 0) is 6.18 Å². The molecule has 2 N–H and O–H groups in total. The molecule has 0 aliphatic rings. The van der Waals surface area contributed by atoms with Gasteiger partial charge in [-0.25, -0.2) is 4.98 Å². The third-order valence-corrected chi connectivity index (χ3v) is 3.61. The van der Waals surface area contributed by atoms with Gasteiger partial charge >= 0.3 is 6.18 Å². The van der Waals surface area contributed by atoms with Crippen LogP contribution in [0.3, 0.4) is 0 Å². The fourth-order valence-electron chi connectivity index (χ4n) is 1.51. The number of nitrogen functional groups attached to an aromatic ring is 1. The zero-order valence-electron chi connectivity index (χ0n) is 10.0. The molecule has 0 saturated carbocycles. The van der Waals surface area contributed by atoms with Gasteiger partial charge in [0.1, 0.15) is 5.03 Å². The molecule has 0 radical (unpaired) electrons. The quantitative estimate of drug-likeness (QED) is 0.842. The number of aryl methyl sites for hydroxylation is 1. The predicted molar refractivity (Wildman–Crippen MR) is 69.0 cm³/mol. The largest absolute Gasteiger partial charge is 0.417 e. The van der Waals surface area contributed by atoms with E-state index in [0.717, 1.165) is 22.7 Å². The molecule has 1 aromatic heterocycles. The van der Waals surface area contributed by atoms with Crippen LogP contribution in [0.25, 0.3) is 0 Å². The summed E-state index contributed by atoms with van der Waals surface area (Å²) in [6.07, 6.45) is -3.51. The second-order valence-corrected chi connectivity index (χ2v) is 5.07. The van der Waals surface area contributed by atoms with E-state index in [2.05, 4.69) is 4.98 Å². The lowest BCUT2D eigenvalue weighted by Gasteiger charge is -2.08. The molecule has 100 valence electrons. The van der Waals surface area contributed by atoms with Crippen LogP contribution >= 0.6 is 11.8 Å². The zero-order valence-corrected chi connectivity index (χ0v) is 10.8. The van der Waals surface area contributed by atoms with Crippen molar-refractivity contribution in [1.82, 2.24) is 4.98 Å². The molecular weight excluding hydrogens is 273 g/mol. The lowest BCUT2D eigenvalue weighted by atomic mass is 10.2. The first kappa shape index (κ1) is 13.7. The fraction of sp³-hybridized carbons (Fsp3) is 0.154. The summed E-state index contributed by atoms with van der Waals surface area (Å²) in [7, 11) is 0. The van der Waals surface area contributed by atoms with Gasteiger partial charge in [-0.3, -0.25) is 0 Å². The first-order valence-corrected chi connectivity index (χ1v) is 6.25. The van der Waals surface area contributed by atoms with E-state index in [0.29, 0.717) is 10.7 Å². The van der Waals surface area contributed by atoms with Crippen LogP contribution in [0.1, 0.15) is 11.1 Å². The average Bonchev–Trinajstić information content (AvgIpc) is 2.32. The van der Waals surface area contributed by atoms with Gasteiger partial charge in [-0.15, -0.1) is 0 Å². The molecule has 0 bridgehead atoms. The molecule has 2 rings (SSSR count). The molecule has 0 aliphatic heterocycles. The molecule has 1 heterocycles. The molecule has 0 amide bonds. The van der Waals surface area contributed by atoms with Gasteiger partial charge < -0.3 is 5.73 Å². The Balaban J connectivity index is 2.20. The number of hydrogen-bond donors (Lipinski definition) is 1. The standard InChI is InChI=1S/C13H11F3N2S/c1-8-6-10(17)3-4-11(8)19-12-5-2-9(7-18-12)13(14,15)16/h2-7H,17H2,1H3. The van der Waals surface area contributed by atoms with E-state index in [1.54, 1.807) is 6.07 Å². The SMILES string of the molecule is Cc1cc(N)ccc1Sc1ccc(C(F)(F)F)cn1. The molecule has 2 nitrogen and oxygen atoms in total. The Morgan fingerprint density at radius 3 is 2.42 bits per heavy atom. The van der Waals surface area contributed by atoms with Gasteiger partial charge in [0.15, 0.2) is 0 Å². The average molecular weight is 284 g/mol. The highest BCUT2D eigenvalue weighted by molar-refractivity contribution is 7.99. The van der Waals surface area contributed by atoms with Crippen LogP contribution in [0.5, 0.6) is 0 Å². The first-order chi connectivity index (χ1) is 8.86. The molecule has 1 aromatic carbocycles. The molecule has 0 aliphatic carbocycles. The van der Waals surface area contributed by atoms with Crippen molar-refractivity contribution >= 4 is 17.4 Å². The van der Waals surface area contributed by atoms with Gasteiger partial charge in [0.25, 0.3) is 0 Å². The summed E-state index contributed by atoms with van der Waals surface area (Å²) in [4.78, 5) is 4.73. The van der Waals surface area contributed by atoms with Crippen molar-refractivity contribution in [3.8, 4) is 0 Å². The minimum atomic E-state index is -4.35. The van der Waals surface area contributed by atoms with Crippen LogP contribution in [-0.4, -0.2) is 4.98 Å². The summed E-state index contributed by atoms with van der Waals surface area (Å²) in [5.74, 6) is 0. The molecule has 2 aromatic rings. The van der Waals surface area contributed by atoms with Crippen LogP contribution in [0.4, 0.5) is 18.9 Å². The Hall–Kier alpha value is -1.69. The lowest BCUT2D eigenvalue weighted by molar-refractivity contribution is -0.137. The third kappa shape index (κ3) is 3.41. The molecule has 0 atom stereocenters. The Morgan fingerprint density at radius 2 is 1.89 bits per heavy atom. The highest BCUT2D eigenvalue weighted by atomic mass is 32.2. The number of pyridine rings is 1. The van der Waals surface area contributed by atoms with Crippen molar-refractivity contribution in [3.05, 3.63) is 47.7 Å². The summed E-state index contributed by atoms with van der Waals surface area (Å²) in [6, 6.07) is 7.78. The number of hydrogen-bond acceptors (Lipinski definition) is 3. The summed E-state index contributed by atoms with van der Waals surface area (Å²) in [5, 5.41) is 0.515. The molecule has 0 spiro atoms. The highest BCUT2D eigenvalue weighted by Gasteiger charge is 2.30. The van der Waals surface area contributed by atoms with E-state index in [-0.39, 0.29) is 0 Å². The maximum absolute atomic E-state index is 12.4. The summed E-state index contributed by atoms with van der Waals surface area (Å²) >= 11 is 1.31. The third-order valence-electron chi connectivity index (χ3n) is 2.48. The van der Waals surface area contributed by atoms with Gasteiger partial charge in [-0.05, 0) is 42.8 Å². The van der Waals surface area contributed by atoms with E-state index in [1.807, 2.05) is 19.1 Å². The molecule has 0 unspecified atom stereocenters. The molecule has 0 fully saturated rings. The Morgan fingerprint density at radius 1 is 1.16 bits per heavy atom. The molecule has 0 saturated heterocycles. The molecule has 6 heteroatoms. The van der Waals surface area contributed by atoms with Crippen molar-refractivity contribution in [2.45, 2.75) is 23.0 Å². The van der Waals surface area contributed by atoms with Crippen LogP contribution < -0.4 is 5.73 Å². The number of nitrogens with two attached hydrogens (primary N) is 1. The highest BCUT2D eigenvalue weighted by Crippen LogP contribution is 2.33. The minimum Gasteiger partial charge on any atom is -0.399 e. The Labute approximate surface area is 112 Å². The topological polar surface area (TPSA) is 38.9 Å². The van der Waals surface area contributed by atoms with Crippen molar-refractivity contribution < 1.29 is 13.2 Å². The Kier molecular flexibility index (Phi) is 3.71. The lowest BCUT2D eigenvalue weighted by Crippen LogP contribution is -2.05. The second kappa shape index (κ2) is 5.13. The van der Waals surface area contributed by atoms with Gasteiger partial charge in [0, 0.05) is 16.8 Å². The van der Waals surface area contributed by atoms with Gasteiger partial charge in [-0.2, -0.15) is 13.2 Å².